The molecule has 3 N–H and O–H groups in total. The lowest BCUT2D eigenvalue weighted by molar-refractivity contribution is 0.0628. The van der Waals surface area contributed by atoms with Crippen molar-refractivity contribution in [3.05, 3.63) is 53.2 Å². The van der Waals surface area contributed by atoms with Crippen LogP contribution in [0.2, 0.25) is 0 Å². The van der Waals surface area contributed by atoms with E-state index in [4.69, 9.17) is 10.3 Å². The first-order valence-corrected chi connectivity index (χ1v) is 6.02. The number of hydrogen-bond donors (Lipinski definition) is 2. The Labute approximate surface area is 118 Å². The minimum Gasteiger partial charge on any atom is -0.446 e. The van der Waals surface area contributed by atoms with Gasteiger partial charge in [-0.05, 0) is 12.1 Å². The summed E-state index contributed by atoms with van der Waals surface area (Å²) in [5, 5.41) is 0. The molecule has 2 heterocycles. The van der Waals surface area contributed by atoms with E-state index in [1.54, 1.807) is 24.3 Å². The zero-order valence-corrected chi connectivity index (χ0v) is 10.7. The third-order valence-electron chi connectivity index (χ3n) is 3.09. The van der Waals surface area contributed by atoms with Crippen molar-refractivity contribution >= 4 is 17.7 Å². The van der Waals surface area contributed by atoms with Gasteiger partial charge in [0.1, 0.15) is 12.8 Å². The molecule has 0 aliphatic carbocycles. The van der Waals surface area contributed by atoms with Gasteiger partial charge >= 0.3 is 0 Å². The second kappa shape index (κ2) is 4.84. The van der Waals surface area contributed by atoms with Crippen molar-refractivity contribution in [2.24, 2.45) is 5.84 Å². The summed E-state index contributed by atoms with van der Waals surface area (Å²) in [6.45, 7) is -0.149. The lowest BCUT2D eigenvalue weighted by Crippen LogP contribution is -2.31. The number of nitrogens with one attached hydrogen (secondary N) is 1. The molecule has 8 nitrogen and oxygen atoms in total. The third-order valence-corrected chi connectivity index (χ3v) is 3.09. The number of carbonyl (C=O) groups is 3. The van der Waals surface area contributed by atoms with E-state index in [-0.39, 0.29) is 18.1 Å². The molecular formula is C13H10N4O4. The molecule has 1 aliphatic rings. The quantitative estimate of drug-likeness (QED) is 0.357. The normalized spacial score (nSPS) is 13.5. The Morgan fingerprint density at radius 3 is 2.43 bits per heavy atom. The molecular weight excluding hydrogens is 276 g/mol. The smallest absolute Gasteiger partial charge is 0.287 e. The van der Waals surface area contributed by atoms with E-state index in [9.17, 15) is 14.4 Å². The van der Waals surface area contributed by atoms with Gasteiger partial charge < -0.3 is 4.42 Å². The van der Waals surface area contributed by atoms with Crippen LogP contribution in [0.15, 0.2) is 34.9 Å². The van der Waals surface area contributed by atoms with Crippen molar-refractivity contribution in [1.82, 2.24) is 15.3 Å². The molecule has 0 radical (unpaired) electrons. The Bertz CT molecular complexity index is 717. The molecule has 1 aromatic carbocycles. The summed E-state index contributed by atoms with van der Waals surface area (Å²) >= 11 is 0. The minimum atomic E-state index is -0.618. The second-order valence-corrected chi connectivity index (χ2v) is 4.34. The summed E-state index contributed by atoms with van der Waals surface area (Å²) in [7, 11) is 0. The van der Waals surface area contributed by atoms with E-state index in [2.05, 4.69) is 4.98 Å². The van der Waals surface area contributed by atoms with Crippen LogP contribution in [-0.4, -0.2) is 27.6 Å². The van der Waals surface area contributed by atoms with E-state index in [0.29, 0.717) is 11.1 Å². The Morgan fingerprint density at radius 1 is 1.24 bits per heavy atom. The van der Waals surface area contributed by atoms with Crippen molar-refractivity contribution in [3.8, 4) is 0 Å². The maximum Gasteiger partial charge on any atom is 0.287 e. The predicted octanol–water partition coefficient (Wildman–Crippen LogP) is 0.0743. The molecule has 106 valence electrons. The van der Waals surface area contributed by atoms with E-state index in [0.717, 1.165) is 11.2 Å². The lowest BCUT2D eigenvalue weighted by atomic mass is 10.1. The molecule has 0 atom stereocenters. The first-order valence-electron chi connectivity index (χ1n) is 6.02. The van der Waals surface area contributed by atoms with E-state index in [1.807, 2.05) is 5.43 Å². The maximum atomic E-state index is 12.1. The lowest BCUT2D eigenvalue weighted by Gasteiger charge is -2.10. The molecule has 2 aromatic rings. The van der Waals surface area contributed by atoms with Gasteiger partial charge in [0.15, 0.2) is 5.69 Å². The van der Waals surface area contributed by atoms with Crippen molar-refractivity contribution in [2.45, 2.75) is 6.54 Å². The van der Waals surface area contributed by atoms with E-state index in [1.165, 1.54) is 0 Å². The molecule has 0 saturated heterocycles. The molecule has 8 heteroatoms. The second-order valence-electron chi connectivity index (χ2n) is 4.34. The molecule has 0 fully saturated rings. The summed E-state index contributed by atoms with van der Waals surface area (Å²) in [4.78, 5) is 40.4. The average molecular weight is 286 g/mol. The Balaban J connectivity index is 1.84. The summed E-state index contributed by atoms with van der Waals surface area (Å²) in [6, 6.07) is 6.53. The number of nitrogens with two attached hydrogens (primary N) is 1. The van der Waals surface area contributed by atoms with Crippen LogP contribution >= 0.6 is 0 Å². The van der Waals surface area contributed by atoms with E-state index >= 15 is 0 Å². The molecule has 0 unspecified atom stereocenters. The third kappa shape index (κ3) is 2.07. The van der Waals surface area contributed by atoms with Crippen molar-refractivity contribution in [2.75, 3.05) is 0 Å². The van der Waals surface area contributed by atoms with Crippen molar-refractivity contribution in [3.63, 3.8) is 0 Å². The summed E-state index contributed by atoms with van der Waals surface area (Å²) in [5.74, 6) is 3.60. The van der Waals surface area contributed by atoms with Crippen LogP contribution in [-0.2, 0) is 6.54 Å². The summed E-state index contributed by atoms with van der Waals surface area (Å²) in [6.07, 6.45) is 1.11. The van der Waals surface area contributed by atoms with Crippen LogP contribution in [0.25, 0.3) is 0 Å². The van der Waals surface area contributed by atoms with Crippen LogP contribution in [0, 0.1) is 0 Å². The monoisotopic (exact) mass is 286 g/mol. The van der Waals surface area contributed by atoms with Crippen molar-refractivity contribution < 1.29 is 18.8 Å². The maximum absolute atomic E-state index is 12.1. The highest BCUT2D eigenvalue weighted by atomic mass is 16.3. The number of nitrogen functional groups attached to an aromatic ring is 1. The number of fused-ring (bicyclic) bond motifs is 1. The molecule has 0 spiro atoms. The zero-order chi connectivity index (χ0) is 15.0. The molecule has 3 rings (SSSR count). The van der Waals surface area contributed by atoms with Gasteiger partial charge in [0.2, 0.25) is 5.89 Å². The standard InChI is InChI=1S/C13H10N4O4/c14-16-11(18)9-6-21-10(15-9)5-17-12(19)7-3-1-2-4-8(7)13(17)20/h1-4,6H,5,14H2,(H,16,18). The van der Waals surface area contributed by atoms with Crippen LogP contribution in [0.3, 0.4) is 0 Å². The van der Waals surface area contributed by atoms with Gasteiger partial charge in [0, 0.05) is 0 Å². The van der Waals surface area contributed by atoms with Gasteiger partial charge in [0.25, 0.3) is 17.7 Å². The fourth-order valence-corrected chi connectivity index (χ4v) is 2.08. The number of nitrogens with zero attached hydrogens (tertiary/aromatic N) is 2. The highest BCUT2D eigenvalue weighted by molar-refractivity contribution is 6.21. The van der Waals surface area contributed by atoms with Crippen molar-refractivity contribution in [1.29, 1.82) is 0 Å². The minimum absolute atomic E-state index is 0.0240. The van der Waals surface area contributed by atoms with Crippen LogP contribution in [0.1, 0.15) is 37.1 Å². The fraction of sp³-hybridized carbons (Fsp3) is 0.0769. The number of rotatable bonds is 3. The highest BCUT2D eigenvalue weighted by Gasteiger charge is 2.36. The highest BCUT2D eigenvalue weighted by Crippen LogP contribution is 2.23. The fourth-order valence-electron chi connectivity index (χ4n) is 2.08. The number of benzene rings is 1. The Morgan fingerprint density at radius 2 is 1.86 bits per heavy atom. The molecule has 1 aromatic heterocycles. The van der Waals surface area contributed by atoms with Gasteiger partial charge in [-0.15, -0.1) is 0 Å². The largest absolute Gasteiger partial charge is 0.446 e. The van der Waals surface area contributed by atoms with Gasteiger partial charge in [-0.2, -0.15) is 0 Å². The number of amides is 3. The number of carbonyl (C=O) groups excluding carboxylic acids is 3. The molecule has 0 saturated carbocycles. The van der Waals surface area contributed by atoms with Gasteiger partial charge in [0.05, 0.1) is 11.1 Å². The number of oxazole rings is 1. The molecule has 0 bridgehead atoms. The van der Waals surface area contributed by atoms with Crippen LogP contribution in [0.5, 0.6) is 0 Å². The number of hydrazine groups is 1. The SMILES string of the molecule is NNC(=O)c1coc(CN2C(=O)c3ccccc3C2=O)n1. The first kappa shape index (κ1) is 13.0. The number of aromatic nitrogens is 1. The first-order chi connectivity index (χ1) is 10.1. The summed E-state index contributed by atoms with van der Waals surface area (Å²) in [5.41, 5.74) is 2.57. The van der Waals surface area contributed by atoms with Gasteiger partial charge in [-0.1, -0.05) is 12.1 Å². The zero-order valence-electron chi connectivity index (χ0n) is 10.7. The van der Waals surface area contributed by atoms with Gasteiger partial charge in [-0.25, -0.2) is 10.8 Å². The number of imide groups is 1. The number of hydrogen-bond acceptors (Lipinski definition) is 6. The average Bonchev–Trinajstić information content (AvgIpc) is 3.07. The Hall–Kier alpha value is -3.00. The van der Waals surface area contributed by atoms with Gasteiger partial charge in [-0.3, -0.25) is 24.7 Å². The molecule has 3 amide bonds. The molecule has 21 heavy (non-hydrogen) atoms. The molecule has 1 aliphatic heterocycles. The van der Waals surface area contributed by atoms with E-state index < -0.39 is 17.7 Å². The topological polar surface area (TPSA) is 119 Å². The Kier molecular flexibility index (Phi) is 2.99. The summed E-state index contributed by atoms with van der Waals surface area (Å²) < 4.78 is 5.07. The predicted molar refractivity (Wildman–Crippen MR) is 68.8 cm³/mol. The van der Waals surface area contributed by atoms with Crippen LogP contribution < -0.4 is 11.3 Å². The van der Waals surface area contributed by atoms with Crippen LogP contribution in [0.4, 0.5) is 0 Å².